The van der Waals surface area contributed by atoms with Crippen molar-refractivity contribution in [2.45, 2.75) is 18.8 Å². The van der Waals surface area contributed by atoms with Gasteiger partial charge in [-0.15, -0.1) is 0 Å². The van der Waals surface area contributed by atoms with Crippen LogP contribution >= 0.6 is 0 Å². The number of nitrogens with zero attached hydrogens (tertiary/aromatic N) is 1. The number of carboxylic acids is 1. The van der Waals surface area contributed by atoms with Crippen molar-refractivity contribution >= 4 is 11.9 Å². The zero-order valence-corrected chi connectivity index (χ0v) is 11.5. The number of amides is 1. The Hall–Kier alpha value is -1.88. The lowest BCUT2D eigenvalue weighted by Crippen LogP contribution is -2.53. The zero-order chi connectivity index (χ0) is 14.8. The Balaban J connectivity index is 2.11. The van der Waals surface area contributed by atoms with Gasteiger partial charge in [0.25, 0.3) is 0 Å². The lowest BCUT2D eigenvalue weighted by molar-refractivity contribution is -0.150. The third kappa shape index (κ3) is 2.67. The highest BCUT2D eigenvalue weighted by Crippen LogP contribution is 2.30. The largest absolute Gasteiger partial charge is 0.481 e. The molecule has 1 saturated heterocycles. The van der Waals surface area contributed by atoms with Crippen LogP contribution in [-0.2, 0) is 15.0 Å². The molecule has 5 nitrogen and oxygen atoms in total. The molecule has 1 unspecified atom stereocenters. The molecule has 5 heteroatoms. The molecule has 1 aliphatic rings. The number of hydrogen-bond donors (Lipinski definition) is 2. The number of benzene rings is 1. The Morgan fingerprint density at radius 2 is 1.90 bits per heavy atom. The second kappa shape index (κ2) is 5.63. The summed E-state index contributed by atoms with van der Waals surface area (Å²) in [6.07, 6.45) is -0.0650. The van der Waals surface area contributed by atoms with Crippen LogP contribution in [0.25, 0.3) is 0 Å². The molecule has 1 fully saturated rings. The van der Waals surface area contributed by atoms with E-state index in [1.807, 2.05) is 6.07 Å². The van der Waals surface area contributed by atoms with Crippen LogP contribution in [0.15, 0.2) is 30.3 Å². The van der Waals surface area contributed by atoms with E-state index in [0.717, 1.165) is 0 Å². The molecule has 2 N–H and O–H groups in total. The minimum Gasteiger partial charge on any atom is -0.481 e. The number of carbonyl (C=O) groups excluding carboxylic acids is 1. The van der Waals surface area contributed by atoms with Crippen LogP contribution in [0.5, 0.6) is 0 Å². The molecule has 0 aliphatic carbocycles. The molecule has 0 radical (unpaired) electrons. The zero-order valence-electron chi connectivity index (χ0n) is 11.5. The third-order valence-electron chi connectivity index (χ3n) is 3.96. The monoisotopic (exact) mass is 277 g/mol. The average Bonchev–Trinajstić information content (AvgIpc) is 2.38. The summed E-state index contributed by atoms with van der Waals surface area (Å²) in [7, 11) is 0. The Morgan fingerprint density at radius 1 is 1.30 bits per heavy atom. The molecule has 1 aliphatic heterocycles. The van der Waals surface area contributed by atoms with E-state index in [2.05, 4.69) is 0 Å². The number of aliphatic hydroxyl groups excluding tert-OH is 1. The highest BCUT2D eigenvalue weighted by Gasteiger charge is 2.40. The first-order chi connectivity index (χ1) is 9.47. The van der Waals surface area contributed by atoms with Gasteiger partial charge in [-0.25, -0.2) is 0 Å². The summed E-state index contributed by atoms with van der Waals surface area (Å²) in [6, 6.07) is 8.82. The molecule has 1 aromatic carbocycles. The van der Waals surface area contributed by atoms with Crippen LogP contribution in [0.4, 0.5) is 0 Å². The molecule has 0 spiro atoms. The van der Waals surface area contributed by atoms with E-state index in [1.54, 1.807) is 36.1 Å². The van der Waals surface area contributed by atoms with E-state index in [1.165, 1.54) is 0 Å². The number of hydrogen-bond acceptors (Lipinski definition) is 3. The van der Waals surface area contributed by atoms with Crippen LogP contribution in [0.1, 0.15) is 18.9 Å². The van der Waals surface area contributed by atoms with Crippen LogP contribution in [0.2, 0.25) is 0 Å². The molecule has 20 heavy (non-hydrogen) atoms. The fourth-order valence-electron chi connectivity index (χ4n) is 2.41. The number of aliphatic carboxylic acids is 1. The summed E-state index contributed by atoms with van der Waals surface area (Å²) < 4.78 is 0. The summed E-state index contributed by atoms with van der Waals surface area (Å²) in [6.45, 7) is 2.67. The summed E-state index contributed by atoms with van der Waals surface area (Å²) in [5, 5.41) is 18.4. The van der Waals surface area contributed by atoms with Gasteiger partial charge in [0.2, 0.25) is 5.91 Å². The van der Waals surface area contributed by atoms with Gasteiger partial charge in [0, 0.05) is 32.0 Å². The Labute approximate surface area is 117 Å². The topological polar surface area (TPSA) is 77.8 Å². The summed E-state index contributed by atoms with van der Waals surface area (Å²) in [5.74, 6) is -1.05. The Bertz CT molecular complexity index is 496. The number of rotatable bonds is 5. The predicted octanol–water partition coefficient (Wildman–Crippen LogP) is 0.870. The molecule has 1 atom stereocenters. The van der Waals surface area contributed by atoms with Crippen LogP contribution in [0, 0.1) is 5.92 Å². The van der Waals surface area contributed by atoms with Crippen molar-refractivity contribution in [1.82, 2.24) is 4.90 Å². The van der Waals surface area contributed by atoms with Gasteiger partial charge in [-0.2, -0.15) is 0 Å². The number of aliphatic hydroxyl groups is 1. The van der Waals surface area contributed by atoms with E-state index >= 15 is 0 Å². The van der Waals surface area contributed by atoms with Crippen molar-refractivity contribution in [3.8, 4) is 0 Å². The van der Waals surface area contributed by atoms with Crippen LogP contribution in [0.3, 0.4) is 0 Å². The molecule has 2 rings (SSSR count). The first kappa shape index (κ1) is 14.5. The van der Waals surface area contributed by atoms with Gasteiger partial charge in [-0.05, 0) is 12.5 Å². The molecule has 1 heterocycles. The van der Waals surface area contributed by atoms with Crippen molar-refractivity contribution in [1.29, 1.82) is 0 Å². The fraction of sp³-hybridized carbons (Fsp3) is 0.467. The lowest BCUT2D eigenvalue weighted by atomic mass is 9.78. The van der Waals surface area contributed by atoms with Gasteiger partial charge in [-0.1, -0.05) is 30.3 Å². The minimum absolute atomic E-state index is 0.0650. The van der Waals surface area contributed by atoms with Gasteiger partial charge in [-0.3, -0.25) is 9.59 Å². The quantitative estimate of drug-likeness (QED) is 0.837. The molecule has 0 saturated carbocycles. The van der Waals surface area contributed by atoms with Crippen molar-refractivity contribution in [3.05, 3.63) is 35.9 Å². The Kier molecular flexibility index (Phi) is 4.09. The van der Waals surface area contributed by atoms with Gasteiger partial charge in [0.1, 0.15) is 0 Å². The molecule has 1 aromatic rings. The molecular formula is C15H19NO4. The number of carboxylic acid groups (broad SMARTS) is 1. The fourth-order valence-corrected chi connectivity index (χ4v) is 2.41. The van der Waals surface area contributed by atoms with E-state index in [-0.39, 0.29) is 24.9 Å². The van der Waals surface area contributed by atoms with Crippen LogP contribution in [-0.4, -0.2) is 46.7 Å². The van der Waals surface area contributed by atoms with Gasteiger partial charge >= 0.3 is 5.97 Å². The first-order valence-electron chi connectivity index (χ1n) is 6.65. The second-order valence-corrected chi connectivity index (χ2v) is 5.53. The van der Waals surface area contributed by atoms with Crippen molar-refractivity contribution in [3.63, 3.8) is 0 Å². The highest BCUT2D eigenvalue weighted by atomic mass is 16.4. The maximum absolute atomic E-state index is 12.2. The van der Waals surface area contributed by atoms with E-state index in [0.29, 0.717) is 18.7 Å². The van der Waals surface area contributed by atoms with Gasteiger partial charge < -0.3 is 15.1 Å². The minimum atomic E-state index is -1.22. The van der Waals surface area contributed by atoms with Gasteiger partial charge in [0.15, 0.2) is 0 Å². The molecule has 0 aromatic heterocycles. The molecular weight excluding hydrogens is 258 g/mol. The molecule has 0 bridgehead atoms. The van der Waals surface area contributed by atoms with Gasteiger partial charge in [0.05, 0.1) is 5.41 Å². The predicted molar refractivity (Wildman–Crippen MR) is 73.2 cm³/mol. The normalized spacial score (nSPS) is 18.2. The van der Waals surface area contributed by atoms with Crippen molar-refractivity contribution in [2.75, 3.05) is 19.7 Å². The summed E-state index contributed by atoms with van der Waals surface area (Å²) in [4.78, 5) is 25.4. The maximum atomic E-state index is 12.2. The second-order valence-electron chi connectivity index (χ2n) is 5.53. The lowest BCUT2D eigenvalue weighted by Gasteiger charge is -2.40. The van der Waals surface area contributed by atoms with Crippen molar-refractivity contribution in [2.24, 2.45) is 5.92 Å². The van der Waals surface area contributed by atoms with E-state index in [4.69, 9.17) is 5.11 Å². The average molecular weight is 277 g/mol. The maximum Gasteiger partial charge on any atom is 0.314 e. The van der Waals surface area contributed by atoms with Crippen LogP contribution < -0.4 is 0 Å². The summed E-state index contributed by atoms with van der Waals surface area (Å²) in [5.41, 5.74) is -0.595. The van der Waals surface area contributed by atoms with E-state index in [9.17, 15) is 14.7 Å². The van der Waals surface area contributed by atoms with E-state index < -0.39 is 11.4 Å². The number of likely N-dealkylation sites (tertiary alicyclic amines) is 1. The molecule has 1 amide bonds. The van der Waals surface area contributed by atoms with Crippen molar-refractivity contribution < 1.29 is 19.8 Å². The smallest absolute Gasteiger partial charge is 0.314 e. The highest BCUT2D eigenvalue weighted by molar-refractivity contribution is 5.89. The first-order valence-corrected chi connectivity index (χ1v) is 6.65. The molecule has 108 valence electrons. The summed E-state index contributed by atoms with van der Waals surface area (Å²) >= 11 is 0. The standard InChI is InChI=1S/C15H19NO4/c1-15(14(19)20,12-5-3-2-4-6-12)7-13(18)16-8-11(9-16)10-17/h2-6,11,17H,7-10H2,1H3,(H,19,20). The number of carbonyl (C=O) groups is 2. The Morgan fingerprint density at radius 3 is 2.40 bits per heavy atom. The SMILES string of the molecule is CC(CC(=O)N1CC(CO)C1)(C(=O)O)c1ccccc1. The third-order valence-corrected chi connectivity index (χ3v) is 3.96.